The second-order valence-electron chi connectivity index (χ2n) is 5.87. The van der Waals surface area contributed by atoms with E-state index in [2.05, 4.69) is 10.7 Å². The van der Waals surface area contributed by atoms with Crippen LogP contribution in [0.1, 0.15) is 25.5 Å². The summed E-state index contributed by atoms with van der Waals surface area (Å²) in [5.41, 5.74) is 1.64. The number of rotatable bonds is 3. The molecule has 2 amide bonds. The third kappa shape index (κ3) is 3.68. The Morgan fingerprint density at radius 1 is 1.38 bits per heavy atom. The van der Waals surface area contributed by atoms with Gasteiger partial charge in [-0.05, 0) is 42.3 Å². The molecule has 0 bridgehead atoms. The minimum atomic E-state index is -0.174. The van der Waals surface area contributed by atoms with Crippen LogP contribution in [0.15, 0.2) is 40.0 Å². The van der Waals surface area contributed by atoms with Gasteiger partial charge in [-0.25, -0.2) is 4.79 Å². The fraction of sp³-hybridized carbons (Fsp3) is 0.412. The second-order valence-corrected chi connectivity index (χ2v) is 6.65. The number of amides is 2. The summed E-state index contributed by atoms with van der Waals surface area (Å²) in [5, 5.41) is 6.94. The van der Waals surface area contributed by atoms with E-state index in [1.54, 1.807) is 33.1 Å². The normalized spacial score (nSPS) is 20.8. The Morgan fingerprint density at radius 2 is 2.21 bits per heavy atom. The first-order valence-electron chi connectivity index (χ1n) is 8.00. The molecule has 0 aliphatic carbocycles. The van der Waals surface area contributed by atoms with Crippen molar-refractivity contribution in [3.63, 3.8) is 0 Å². The third-order valence-corrected chi connectivity index (χ3v) is 4.74. The van der Waals surface area contributed by atoms with Gasteiger partial charge in [-0.3, -0.25) is 4.79 Å². The highest BCUT2D eigenvalue weighted by Crippen LogP contribution is 2.27. The number of aromatic nitrogens is 1. The Bertz CT molecular complexity index is 757. The number of hydrogen-bond acceptors (Lipinski definition) is 4. The van der Waals surface area contributed by atoms with Crippen molar-refractivity contribution in [1.82, 2.24) is 9.47 Å². The number of pyridine rings is 1. The number of hydrogen-bond donors (Lipinski definition) is 1. The lowest BCUT2D eigenvalue weighted by atomic mass is 10.1. The quantitative estimate of drug-likeness (QED) is 0.928. The summed E-state index contributed by atoms with van der Waals surface area (Å²) in [6, 6.07) is 4.95. The maximum absolute atomic E-state index is 12.6. The average molecular weight is 347 g/mol. The van der Waals surface area contributed by atoms with Crippen LogP contribution in [0.2, 0.25) is 0 Å². The van der Waals surface area contributed by atoms with Gasteiger partial charge in [-0.2, -0.15) is 11.3 Å². The van der Waals surface area contributed by atoms with Gasteiger partial charge in [0.05, 0.1) is 18.3 Å². The van der Waals surface area contributed by atoms with Crippen molar-refractivity contribution in [3.8, 4) is 0 Å². The van der Waals surface area contributed by atoms with Crippen LogP contribution in [0.25, 0.3) is 0 Å². The van der Waals surface area contributed by atoms with Crippen molar-refractivity contribution in [1.29, 1.82) is 0 Å². The van der Waals surface area contributed by atoms with Gasteiger partial charge in [-0.15, -0.1) is 0 Å². The molecule has 6 nitrogen and oxygen atoms in total. The highest BCUT2D eigenvalue weighted by atomic mass is 32.1. The fourth-order valence-electron chi connectivity index (χ4n) is 2.81. The second kappa shape index (κ2) is 7.19. The van der Waals surface area contributed by atoms with Gasteiger partial charge in [-0.1, -0.05) is 0 Å². The fourth-order valence-corrected chi connectivity index (χ4v) is 3.52. The Morgan fingerprint density at radius 3 is 2.92 bits per heavy atom. The molecule has 0 spiro atoms. The Labute approximate surface area is 144 Å². The molecule has 1 aliphatic heterocycles. The van der Waals surface area contributed by atoms with Gasteiger partial charge in [0.2, 0.25) is 0 Å². The summed E-state index contributed by atoms with van der Waals surface area (Å²) in [4.78, 5) is 26.0. The molecule has 1 aliphatic rings. The van der Waals surface area contributed by atoms with Crippen LogP contribution in [0.3, 0.4) is 0 Å². The molecule has 1 saturated heterocycles. The van der Waals surface area contributed by atoms with Crippen molar-refractivity contribution in [2.75, 3.05) is 18.4 Å². The number of ether oxygens (including phenoxy) is 1. The van der Waals surface area contributed by atoms with Gasteiger partial charge in [0.15, 0.2) is 0 Å². The standard InChI is InChI=1S/C17H21N3O3S/c1-3-19-9-14(4-5-16(19)21)18-17(22)20-8-12(2)23-15(10-20)13-6-7-24-11-13/h4-7,9,11-12,15H,3,8,10H2,1-2H3,(H,18,22). The number of nitrogens with zero attached hydrogens (tertiary/aromatic N) is 2. The Kier molecular flexibility index (Phi) is 5.01. The smallest absolute Gasteiger partial charge is 0.322 e. The van der Waals surface area contributed by atoms with Gasteiger partial charge in [0.1, 0.15) is 6.10 Å². The number of anilines is 1. The van der Waals surface area contributed by atoms with E-state index in [1.165, 1.54) is 6.07 Å². The lowest BCUT2D eigenvalue weighted by Crippen LogP contribution is -2.47. The largest absolute Gasteiger partial charge is 0.367 e. The zero-order valence-electron chi connectivity index (χ0n) is 13.8. The molecule has 7 heteroatoms. The highest BCUT2D eigenvalue weighted by molar-refractivity contribution is 7.07. The maximum Gasteiger partial charge on any atom is 0.322 e. The van der Waals surface area contributed by atoms with E-state index in [0.29, 0.717) is 25.3 Å². The minimum Gasteiger partial charge on any atom is -0.367 e. The number of urea groups is 1. The van der Waals surface area contributed by atoms with Crippen LogP contribution in [-0.4, -0.2) is 34.7 Å². The van der Waals surface area contributed by atoms with E-state index < -0.39 is 0 Å². The van der Waals surface area contributed by atoms with Crippen molar-refractivity contribution in [2.45, 2.75) is 32.6 Å². The van der Waals surface area contributed by atoms with Crippen LogP contribution >= 0.6 is 11.3 Å². The number of thiophene rings is 1. The lowest BCUT2D eigenvalue weighted by molar-refractivity contribution is -0.0640. The van der Waals surface area contributed by atoms with Crippen LogP contribution < -0.4 is 10.9 Å². The van der Waals surface area contributed by atoms with Crippen molar-refractivity contribution < 1.29 is 9.53 Å². The van der Waals surface area contributed by atoms with E-state index in [-0.39, 0.29) is 23.8 Å². The van der Waals surface area contributed by atoms with Crippen LogP contribution in [0.4, 0.5) is 10.5 Å². The molecule has 0 saturated carbocycles. The predicted molar refractivity (Wildman–Crippen MR) is 94.6 cm³/mol. The molecule has 2 aromatic rings. The zero-order chi connectivity index (χ0) is 17.1. The van der Waals surface area contributed by atoms with Gasteiger partial charge < -0.3 is 19.5 Å². The minimum absolute atomic E-state index is 0.0287. The first-order valence-corrected chi connectivity index (χ1v) is 8.95. The molecule has 128 valence electrons. The van der Waals surface area contributed by atoms with Crippen molar-refractivity contribution >= 4 is 23.1 Å². The van der Waals surface area contributed by atoms with E-state index >= 15 is 0 Å². The summed E-state index contributed by atoms with van der Waals surface area (Å²) >= 11 is 1.62. The van der Waals surface area contributed by atoms with Crippen molar-refractivity contribution in [3.05, 3.63) is 51.1 Å². The molecule has 2 aromatic heterocycles. The molecule has 0 aromatic carbocycles. The third-order valence-electron chi connectivity index (χ3n) is 4.04. The number of carbonyl (C=O) groups excluding carboxylic acids is 1. The number of nitrogens with one attached hydrogen (secondary N) is 1. The van der Waals surface area contributed by atoms with Crippen LogP contribution in [0, 0.1) is 0 Å². The summed E-state index contributed by atoms with van der Waals surface area (Å²) in [5.74, 6) is 0. The molecule has 2 unspecified atom stereocenters. The van der Waals surface area contributed by atoms with E-state index in [4.69, 9.17) is 4.74 Å². The SMILES string of the molecule is CCn1cc(NC(=O)N2CC(C)OC(c3ccsc3)C2)ccc1=O. The van der Waals surface area contributed by atoms with Crippen LogP contribution in [-0.2, 0) is 11.3 Å². The summed E-state index contributed by atoms with van der Waals surface area (Å²) in [6.07, 6.45) is 1.54. The van der Waals surface area contributed by atoms with E-state index in [1.807, 2.05) is 25.3 Å². The molecular formula is C17H21N3O3S. The first kappa shape index (κ1) is 16.7. The number of aryl methyl sites for hydroxylation is 1. The van der Waals surface area contributed by atoms with Crippen molar-refractivity contribution in [2.24, 2.45) is 0 Å². The number of morpholine rings is 1. The van der Waals surface area contributed by atoms with E-state index in [9.17, 15) is 9.59 Å². The molecule has 0 radical (unpaired) electrons. The molecule has 1 N–H and O–H groups in total. The zero-order valence-corrected chi connectivity index (χ0v) is 14.6. The van der Waals surface area contributed by atoms with Gasteiger partial charge in [0, 0.05) is 25.4 Å². The average Bonchev–Trinajstić information content (AvgIpc) is 3.10. The Hall–Kier alpha value is -2.12. The predicted octanol–water partition coefficient (Wildman–Crippen LogP) is 2.92. The number of carbonyl (C=O) groups is 1. The topological polar surface area (TPSA) is 63.6 Å². The Balaban J connectivity index is 1.71. The maximum atomic E-state index is 12.6. The summed E-state index contributed by atoms with van der Waals surface area (Å²) in [7, 11) is 0. The van der Waals surface area contributed by atoms with E-state index in [0.717, 1.165) is 5.56 Å². The summed E-state index contributed by atoms with van der Waals surface area (Å²) < 4.78 is 7.51. The highest BCUT2D eigenvalue weighted by Gasteiger charge is 2.29. The van der Waals surface area contributed by atoms with Gasteiger partial charge >= 0.3 is 6.03 Å². The summed E-state index contributed by atoms with van der Waals surface area (Å²) in [6.45, 7) is 5.48. The van der Waals surface area contributed by atoms with Crippen LogP contribution in [0.5, 0.6) is 0 Å². The first-order chi connectivity index (χ1) is 11.6. The molecular weight excluding hydrogens is 326 g/mol. The molecule has 24 heavy (non-hydrogen) atoms. The molecule has 3 heterocycles. The monoisotopic (exact) mass is 347 g/mol. The lowest BCUT2D eigenvalue weighted by Gasteiger charge is -2.36. The van der Waals surface area contributed by atoms with Gasteiger partial charge in [0.25, 0.3) is 5.56 Å². The molecule has 2 atom stereocenters. The molecule has 1 fully saturated rings. The molecule has 3 rings (SSSR count).